The van der Waals surface area contributed by atoms with Crippen LogP contribution in [0.5, 0.6) is 0 Å². The van der Waals surface area contributed by atoms with Gasteiger partial charge in [0.15, 0.2) is 0 Å². The molecule has 0 heterocycles. The first-order valence-corrected chi connectivity index (χ1v) is 7.36. The molecule has 0 aromatic heterocycles. The average Bonchev–Trinajstić information content (AvgIpc) is 2.49. The molecule has 116 valence electrons. The monoisotopic (exact) mass is 290 g/mol. The highest BCUT2D eigenvalue weighted by Gasteiger charge is 2.17. The van der Waals surface area contributed by atoms with Gasteiger partial charge in [-0.2, -0.15) is 0 Å². The minimum absolute atomic E-state index is 0.0997. The zero-order valence-electron chi connectivity index (χ0n) is 13.1. The minimum Gasteiger partial charge on any atom is -0.380 e. The summed E-state index contributed by atoms with van der Waals surface area (Å²) in [4.78, 5) is 11.9. The maximum Gasteiger partial charge on any atom is 0.248 e. The maximum absolute atomic E-state index is 11.9. The van der Waals surface area contributed by atoms with E-state index in [1.165, 1.54) is 0 Å². The number of rotatable bonds is 9. The first kappa shape index (κ1) is 17.2. The number of ether oxygens (including phenoxy) is 1. The molecule has 1 aromatic rings. The summed E-state index contributed by atoms with van der Waals surface area (Å²) in [6, 6.07) is 10.2. The summed E-state index contributed by atoms with van der Waals surface area (Å²) in [5.74, 6) is 0.298. The number of anilines is 1. The van der Waals surface area contributed by atoms with Crippen LogP contribution in [0.4, 0.5) is 5.69 Å². The van der Waals surface area contributed by atoms with E-state index in [4.69, 9.17) is 4.74 Å². The van der Waals surface area contributed by atoms with Gasteiger partial charge in [0.05, 0.1) is 6.61 Å². The molecule has 2 unspecified atom stereocenters. The van der Waals surface area contributed by atoms with Crippen molar-refractivity contribution in [1.29, 1.82) is 0 Å². The number of para-hydroxylation sites is 1. The van der Waals surface area contributed by atoms with Gasteiger partial charge < -0.3 is 15.4 Å². The van der Waals surface area contributed by atoms with E-state index >= 15 is 0 Å². The van der Waals surface area contributed by atoms with Gasteiger partial charge in [-0.1, -0.05) is 38.1 Å². The molecule has 0 aliphatic rings. The van der Waals surface area contributed by atoms with Crippen LogP contribution in [-0.2, 0) is 9.53 Å². The number of hydrogen-bond donors (Lipinski definition) is 2. The topological polar surface area (TPSA) is 50.4 Å². The molecule has 2 atom stereocenters. The Labute approximate surface area is 127 Å². The lowest BCUT2D eigenvalue weighted by Crippen LogP contribution is -2.43. The summed E-state index contributed by atoms with van der Waals surface area (Å²) in [6.45, 7) is 10.5. The molecule has 1 aromatic carbocycles. The van der Waals surface area contributed by atoms with Gasteiger partial charge in [-0.25, -0.2) is 0 Å². The van der Waals surface area contributed by atoms with Crippen molar-refractivity contribution in [2.75, 3.05) is 18.5 Å². The number of nitrogens with one attached hydrogen (secondary N) is 2. The van der Waals surface area contributed by atoms with Crippen molar-refractivity contribution in [2.45, 2.75) is 32.9 Å². The molecular weight excluding hydrogens is 264 g/mol. The van der Waals surface area contributed by atoms with E-state index in [1.54, 1.807) is 13.0 Å². The van der Waals surface area contributed by atoms with Gasteiger partial charge in [0.25, 0.3) is 0 Å². The van der Waals surface area contributed by atoms with E-state index in [0.717, 1.165) is 5.69 Å². The molecule has 0 radical (unpaired) electrons. The van der Waals surface area contributed by atoms with Gasteiger partial charge in [0.2, 0.25) is 5.91 Å². The fourth-order valence-corrected chi connectivity index (χ4v) is 1.84. The largest absolute Gasteiger partial charge is 0.380 e. The Morgan fingerprint density at radius 2 is 1.95 bits per heavy atom. The summed E-state index contributed by atoms with van der Waals surface area (Å²) >= 11 is 0. The van der Waals surface area contributed by atoms with Gasteiger partial charge in [-0.05, 0) is 25.0 Å². The molecule has 0 spiro atoms. The summed E-state index contributed by atoms with van der Waals surface area (Å²) in [7, 11) is 0. The zero-order chi connectivity index (χ0) is 15.7. The smallest absolute Gasteiger partial charge is 0.248 e. The van der Waals surface area contributed by atoms with Crippen LogP contribution in [0.3, 0.4) is 0 Å². The van der Waals surface area contributed by atoms with Crippen LogP contribution in [0.15, 0.2) is 43.0 Å². The molecule has 0 aliphatic heterocycles. The highest BCUT2D eigenvalue weighted by molar-refractivity contribution is 5.80. The van der Waals surface area contributed by atoms with Crippen molar-refractivity contribution in [3.8, 4) is 0 Å². The molecule has 0 fully saturated rings. The van der Waals surface area contributed by atoms with Crippen LogP contribution in [0, 0.1) is 5.92 Å². The van der Waals surface area contributed by atoms with Crippen LogP contribution in [0.2, 0.25) is 0 Å². The lowest BCUT2D eigenvalue weighted by molar-refractivity contribution is -0.131. The van der Waals surface area contributed by atoms with Gasteiger partial charge in [0.1, 0.15) is 6.10 Å². The predicted octanol–water partition coefficient (Wildman–Crippen LogP) is 2.83. The molecule has 0 bridgehead atoms. The van der Waals surface area contributed by atoms with E-state index in [0.29, 0.717) is 19.1 Å². The third-order valence-corrected chi connectivity index (χ3v) is 3.26. The summed E-state index contributed by atoms with van der Waals surface area (Å²) in [6.07, 6.45) is 1.17. The van der Waals surface area contributed by atoms with Crippen molar-refractivity contribution in [3.63, 3.8) is 0 Å². The Hall–Kier alpha value is -1.81. The Kier molecular flexibility index (Phi) is 7.54. The first-order chi connectivity index (χ1) is 10.0. The molecule has 1 rings (SSSR count). The Morgan fingerprint density at radius 1 is 1.29 bits per heavy atom. The van der Waals surface area contributed by atoms with E-state index in [1.807, 2.05) is 30.3 Å². The van der Waals surface area contributed by atoms with E-state index < -0.39 is 6.10 Å². The molecule has 0 saturated heterocycles. The third kappa shape index (κ3) is 6.45. The van der Waals surface area contributed by atoms with E-state index in [9.17, 15) is 4.79 Å². The van der Waals surface area contributed by atoms with Crippen LogP contribution in [0.1, 0.15) is 20.8 Å². The Bertz CT molecular complexity index is 432. The van der Waals surface area contributed by atoms with Crippen LogP contribution < -0.4 is 10.6 Å². The second kappa shape index (κ2) is 9.19. The highest BCUT2D eigenvalue weighted by Crippen LogP contribution is 2.11. The SMILES string of the molecule is C=CCOC(C)C(=O)NCC(Nc1ccccc1)C(C)C. The van der Waals surface area contributed by atoms with Crippen molar-refractivity contribution < 1.29 is 9.53 Å². The van der Waals surface area contributed by atoms with Crippen LogP contribution in [-0.4, -0.2) is 31.2 Å². The maximum atomic E-state index is 11.9. The lowest BCUT2D eigenvalue weighted by Gasteiger charge is -2.24. The molecule has 1 amide bonds. The predicted molar refractivity (Wildman–Crippen MR) is 87.3 cm³/mol. The van der Waals surface area contributed by atoms with Crippen LogP contribution >= 0.6 is 0 Å². The highest BCUT2D eigenvalue weighted by atomic mass is 16.5. The standard InChI is InChI=1S/C17H26N2O2/c1-5-11-21-14(4)17(20)18-12-16(13(2)3)19-15-9-7-6-8-10-15/h5-10,13-14,16,19H,1,11-12H2,2-4H3,(H,18,20). The number of hydrogen-bond acceptors (Lipinski definition) is 3. The van der Waals surface area contributed by atoms with Gasteiger partial charge in [-0.15, -0.1) is 6.58 Å². The molecule has 2 N–H and O–H groups in total. The summed E-state index contributed by atoms with van der Waals surface area (Å²) in [5, 5.41) is 6.38. The number of benzene rings is 1. The van der Waals surface area contributed by atoms with Gasteiger partial charge in [0, 0.05) is 18.3 Å². The molecule has 4 nitrogen and oxygen atoms in total. The normalized spacial score (nSPS) is 13.5. The zero-order valence-corrected chi connectivity index (χ0v) is 13.1. The van der Waals surface area contributed by atoms with Crippen molar-refractivity contribution in [3.05, 3.63) is 43.0 Å². The molecule has 21 heavy (non-hydrogen) atoms. The van der Waals surface area contributed by atoms with Crippen molar-refractivity contribution in [1.82, 2.24) is 5.32 Å². The fraction of sp³-hybridized carbons (Fsp3) is 0.471. The number of carbonyl (C=O) groups is 1. The molecule has 0 aliphatic carbocycles. The van der Waals surface area contributed by atoms with E-state index in [2.05, 4.69) is 31.1 Å². The third-order valence-electron chi connectivity index (χ3n) is 3.26. The van der Waals surface area contributed by atoms with E-state index in [-0.39, 0.29) is 11.9 Å². The van der Waals surface area contributed by atoms with Gasteiger partial charge >= 0.3 is 0 Å². The molecule has 4 heteroatoms. The second-order valence-electron chi connectivity index (χ2n) is 5.37. The average molecular weight is 290 g/mol. The molecule has 0 saturated carbocycles. The summed E-state index contributed by atoms with van der Waals surface area (Å²) < 4.78 is 5.31. The fourth-order valence-electron chi connectivity index (χ4n) is 1.84. The second-order valence-corrected chi connectivity index (χ2v) is 5.37. The quantitative estimate of drug-likeness (QED) is 0.688. The number of amides is 1. The minimum atomic E-state index is -0.465. The van der Waals surface area contributed by atoms with Crippen molar-refractivity contribution in [2.24, 2.45) is 5.92 Å². The van der Waals surface area contributed by atoms with Crippen LogP contribution in [0.25, 0.3) is 0 Å². The summed E-state index contributed by atoms with van der Waals surface area (Å²) in [5.41, 5.74) is 1.06. The Balaban J connectivity index is 2.48. The van der Waals surface area contributed by atoms with Gasteiger partial charge in [-0.3, -0.25) is 4.79 Å². The van der Waals surface area contributed by atoms with Crippen molar-refractivity contribution >= 4 is 11.6 Å². The number of carbonyl (C=O) groups excluding carboxylic acids is 1. The molecular formula is C17H26N2O2. The lowest BCUT2D eigenvalue weighted by atomic mass is 10.0. The first-order valence-electron chi connectivity index (χ1n) is 7.36. The Morgan fingerprint density at radius 3 is 2.52 bits per heavy atom.